The molecule has 0 unspecified atom stereocenters. The molecule has 0 atom stereocenters. The lowest BCUT2D eigenvalue weighted by atomic mass is 9.95. The largest absolute Gasteiger partial charge is 0.491 e. The van der Waals surface area contributed by atoms with Gasteiger partial charge in [-0.25, -0.2) is 0 Å². The van der Waals surface area contributed by atoms with Gasteiger partial charge in [0.05, 0.1) is 11.0 Å². The molecule has 3 heteroatoms. The quantitative estimate of drug-likeness (QED) is 0.738. The Bertz CT molecular complexity index is 633. The molecule has 0 aliphatic carbocycles. The summed E-state index contributed by atoms with van der Waals surface area (Å²) < 4.78 is 5.65. The molecule has 0 spiro atoms. The number of thiophene rings is 1. The van der Waals surface area contributed by atoms with Crippen molar-refractivity contribution < 1.29 is 9.53 Å². The minimum Gasteiger partial charge on any atom is -0.491 e. The van der Waals surface area contributed by atoms with Gasteiger partial charge < -0.3 is 4.74 Å². The van der Waals surface area contributed by atoms with Crippen LogP contribution in [0.5, 0.6) is 5.75 Å². The van der Waals surface area contributed by atoms with Crippen LogP contribution in [0.15, 0.2) is 36.4 Å². The molecule has 0 N–H and O–H groups in total. The van der Waals surface area contributed by atoms with Crippen molar-refractivity contribution >= 4 is 17.1 Å². The van der Waals surface area contributed by atoms with Crippen LogP contribution in [-0.4, -0.2) is 11.9 Å². The van der Waals surface area contributed by atoms with E-state index < -0.39 is 0 Å². The first-order valence-electron chi connectivity index (χ1n) is 7.19. The second-order valence-corrected chi connectivity index (χ2v) is 7.52. The van der Waals surface area contributed by atoms with Crippen molar-refractivity contribution in [2.24, 2.45) is 0 Å². The van der Waals surface area contributed by atoms with Gasteiger partial charge in [0.25, 0.3) is 0 Å². The fourth-order valence-electron chi connectivity index (χ4n) is 1.99. The zero-order valence-electron chi connectivity index (χ0n) is 13.3. The van der Waals surface area contributed by atoms with E-state index in [-0.39, 0.29) is 17.3 Å². The fraction of sp³-hybridized carbons (Fsp3) is 0.389. The van der Waals surface area contributed by atoms with Gasteiger partial charge >= 0.3 is 0 Å². The van der Waals surface area contributed by atoms with Crippen LogP contribution in [0.2, 0.25) is 0 Å². The summed E-state index contributed by atoms with van der Waals surface area (Å²) in [6.45, 7) is 10.4. The number of ketones is 1. The third-order valence-electron chi connectivity index (χ3n) is 3.04. The second-order valence-electron chi connectivity index (χ2n) is 6.44. The molecule has 0 saturated carbocycles. The SMILES string of the molecule is CC(C)Oc1cccc(C(=O)c2ccc(C(C)(C)C)s2)c1. The smallest absolute Gasteiger partial charge is 0.203 e. The van der Waals surface area contributed by atoms with Crippen molar-refractivity contribution in [2.45, 2.75) is 46.1 Å². The molecule has 2 rings (SSSR count). The Morgan fingerprint density at radius 1 is 1.14 bits per heavy atom. The maximum Gasteiger partial charge on any atom is 0.203 e. The van der Waals surface area contributed by atoms with Crippen molar-refractivity contribution in [3.8, 4) is 5.75 Å². The summed E-state index contributed by atoms with van der Waals surface area (Å²) in [5.74, 6) is 0.799. The molecular formula is C18H22O2S. The molecule has 2 aromatic rings. The highest BCUT2D eigenvalue weighted by Crippen LogP contribution is 2.31. The molecule has 0 aliphatic heterocycles. The number of hydrogen-bond acceptors (Lipinski definition) is 3. The van der Waals surface area contributed by atoms with Crippen molar-refractivity contribution in [1.82, 2.24) is 0 Å². The van der Waals surface area contributed by atoms with E-state index in [1.54, 1.807) is 11.3 Å². The fourth-order valence-corrected chi connectivity index (χ4v) is 3.01. The molecule has 112 valence electrons. The molecule has 0 fully saturated rings. The van der Waals surface area contributed by atoms with E-state index in [9.17, 15) is 4.79 Å². The lowest BCUT2D eigenvalue weighted by Gasteiger charge is -2.15. The highest BCUT2D eigenvalue weighted by atomic mass is 32.1. The van der Waals surface area contributed by atoms with E-state index >= 15 is 0 Å². The Labute approximate surface area is 130 Å². The van der Waals surface area contributed by atoms with Gasteiger partial charge in [-0.15, -0.1) is 11.3 Å². The van der Waals surface area contributed by atoms with Crippen LogP contribution in [0.1, 0.15) is 54.7 Å². The molecule has 1 heterocycles. The monoisotopic (exact) mass is 302 g/mol. The highest BCUT2D eigenvalue weighted by molar-refractivity contribution is 7.14. The maximum atomic E-state index is 12.6. The summed E-state index contributed by atoms with van der Waals surface area (Å²) in [6, 6.07) is 11.4. The first-order valence-corrected chi connectivity index (χ1v) is 8.01. The topological polar surface area (TPSA) is 26.3 Å². The van der Waals surface area contributed by atoms with Gasteiger partial charge in [0.1, 0.15) is 5.75 Å². The average molecular weight is 302 g/mol. The summed E-state index contributed by atoms with van der Waals surface area (Å²) in [5.41, 5.74) is 0.752. The standard InChI is InChI=1S/C18H22O2S/c1-12(2)20-14-8-6-7-13(11-14)17(19)15-9-10-16(21-15)18(3,4)5/h6-12H,1-5H3. The number of carbonyl (C=O) groups is 1. The number of rotatable bonds is 4. The predicted octanol–water partition coefficient (Wildman–Crippen LogP) is 5.06. The molecule has 0 bridgehead atoms. The maximum absolute atomic E-state index is 12.6. The van der Waals surface area contributed by atoms with Crippen LogP contribution < -0.4 is 4.74 Å². The summed E-state index contributed by atoms with van der Waals surface area (Å²) in [4.78, 5) is 14.6. The molecule has 0 amide bonds. The molecule has 0 aliphatic rings. The third-order valence-corrected chi connectivity index (χ3v) is 4.55. The van der Waals surface area contributed by atoms with Crippen LogP contribution >= 0.6 is 11.3 Å². The third kappa shape index (κ3) is 3.94. The van der Waals surface area contributed by atoms with E-state index in [4.69, 9.17) is 4.74 Å². The van der Waals surface area contributed by atoms with Crippen molar-refractivity contribution in [1.29, 1.82) is 0 Å². The molecule has 21 heavy (non-hydrogen) atoms. The average Bonchev–Trinajstić information content (AvgIpc) is 2.86. The van der Waals surface area contributed by atoms with Crippen LogP contribution in [-0.2, 0) is 5.41 Å². The molecule has 1 aromatic carbocycles. The minimum absolute atomic E-state index is 0.0599. The van der Waals surface area contributed by atoms with Gasteiger partial charge in [0.15, 0.2) is 0 Å². The summed E-state index contributed by atoms with van der Waals surface area (Å²) in [6.07, 6.45) is 0.101. The lowest BCUT2D eigenvalue weighted by Crippen LogP contribution is -2.08. The van der Waals surface area contributed by atoms with Gasteiger partial charge in [-0.2, -0.15) is 0 Å². The Kier molecular flexibility index (Phi) is 4.52. The van der Waals surface area contributed by atoms with E-state index in [0.717, 1.165) is 10.6 Å². The Balaban J connectivity index is 2.26. The van der Waals surface area contributed by atoms with Crippen LogP contribution in [0.3, 0.4) is 0 Å². The molecule has 1 aromatic heterocycles. The zero-order chi connectivity index (χ0) is 15.6. The normalized spacial score (nSPS) is 11.7. The Hall–Kier alpha value is -1.61. The first kappa shape index (κ1) is 15.8. The number of ether oxygens (including phenoxy) is 1. The van der Waals surface area contributed by atoms with Gasteiger partial charge in [0, 0.05) is 10.4 Å². The predicted molar refractivity (Wildman–Crippen MR) is 88.7 cm³/mol. The molecule has 2 nitrogen and oxygen atoms in total. The molecule has 0 saturated heterocycles. The van der Waals surface area contributed by atoms with E-state index in [1.807, 2.05) is 50.2 Å². The summed E-state index contributed by atoms with van der Waals surface area (Å²) in [5, 5.41) is 0. The van der Waals surface area contributed by atoms with Gasteiger partial charge in [-0.05, 0) is 43.5 Å². The summed E-state index contributed by atoms with van der Waals surface area (Å²) >= 11 is 1.57. The Morgan fingerprint density at radius 2 is 1.86 bits per heavy atom. The first-order chi connectivity index (χ1) is 9.77. The zero-order valence-corrected chi connectivity index (χ0v) is 14.1. The second kappa shape index (κ2) is 6.02. The van der Waals surface area contributed by atoms with E-state index in [0.29, 0.717) is 5.56 Å². The van der Waals surface area contributed by atoms with E-state index in [2.05, 4.69) is 20.8 Å². The number of hydrogen-bond donors (Lipinski definition) is 0. The summed E-state index contributed by atoms with van der Waals surface area (Å²) in [7, 11) is 0. The van der Waals surface area contributed by atoms with Crippen LogP contribution in [0, 0.1) is 0 Å². The molecular weight excluding hydrogens is 280 g/mol. The van der Waals surface area contributed by atoms with Gasteiger partial charge in [-0.3, -0.25) is 4.79 Å². The highest BCUT2D eigenvalue weighted by Gasteiger charge is 2.19. The van der Waals surface area contributed by atoms with Gasteiger partial charge in [-0.1, -0.05) is 32.9 Å². The Morgan fingerprint density at radius 3 is 2.43 bits per heavy atom. The lowest BCUT2D eigenvalue weighted by molar-refractivity contribution is 0.104. The number of carbonyl (C=O) groups excluding carboxylic acids is 1. The van der Waals surface area contributed by atoms with Gasteiger partial charge in [0.2, 0.25) is 5.78 Å². The van der Waals surface area contributed by atoms with Crippen molar-refractivity contribution in [3.05, 3.63) is 51.7 Å². The van der Waals surface area contributed by atoms with Crippen molar-refractivity contribution in [2.75, 3.05) is 0 Å². The van der Waals surface area contributed by atoms with Crippen LogP contribution in [0.4, 0.5) is 0 Å². The van der Waals surface area contributed by atoms with Crippen LogP contribution in [0.25, 0.3) is 0 Å². The van der Waals surface area contributed by atoms with E-state index in [1.165, 1.54) is 4.88 Å². The molecule has 0 radical (unpaired) electrons. The number of benzene rings is 1. The minimum atomic E-state index is 0.0599. The van der Waals surface area contributed by atoms with Crippen molar-refractivity contribution in [3.63, 3.8) is 0 Å².